The third kappa shape index (κ3) is 5.87. The summed E-state index contributed by atoms with van der Waals surface area (Å²) in [6.07, 6.45) is 0.646. The van der Waals surface area contributed by atoms with Gasteiger partial charge in [-0.3, -0.25) is 4.79 Å². The lowest BCUT2D eigenvalue weighted by Crippen LogP contribution is -2.05. The van der Waals surface area contributed by atoms with E-state index in [1.807, 2.05) is 0 Å². The SMILES string of the molecule is CCOC(=O)CCC(Cl)c1ccc(OC(F)F)cc1. The maximum Gasteiger partial charge on any atom is 0.387 e. The molecule has 0 aliphatic heterocycles. The molecule has 0 radical (unpaired) electrons. The Kier molecular flexibility index (Phi) is 6.56. The van der Waals surface area contributed by atoms with Gasteiger partial charge >= 0.3 is 12.6 Å². The van der Waals surface area contributed by atoms with Crippen molar-refractivity contribution in [1.29, 1.82) is 0 Å². The number of rotatable bonds is 7. The Morgan fingerprint density at radius 2 is 1.95 bits per heavy atom. The van der Waals surface area contributed by atoms with Crippen LogP contribution in [0.2, 0.25) is 0 Å². The third-order valence-corrected chi connectivity index (χ3v) is 2.84. The minimum atomic E-state index is -2.85. The van der Waals surface area contributed by atoms with E-state index in [1.165, 1.54) is 12.1 Å². The van der Waals surface area contributed by atoms with Gasteiger partial charge in [0.1, 0.15) is 5.75 Å². The molecule has 0 saturated heterocycles. The number of hydrogen-bond donors (Lipinski definition) is 0. The molecule has 1 aromatic rings. The Morgan fingerprint density at radius 1 is 1.32 bits per heavy atom. The molecule has 0 fully saturated rings. The molecule has 0 N–H and O–H groups in total. The van der Waals surface area contributed by atoms with Gasteiger partial charge in [0.15, 0.2) is 0 Å². The normalized spacial score (nSPS) is 12.3. The van der Waals surface area contributed by atoms with Crippen LogP contribution in [0.4, 0.5) is 8.78 Å². The summed E-state index contributed by atoms with van der Waals surface area (Å²) in [4.78, 5) is 11.2. The Morgan fingerprint density at radius 3 is 2.47 bits per heavy atom. The summed E-state index contributed by atoms with van der Waals surface area (Å²) in [5.74, 6) is -0.223. The fraction of sp³-hybridized carbons (Fsp3) is 0.462. The molecule has 0 bridgehead atoms. The van der Waals surface area contributed by atoms with Crippen LogP contribution in [0.15, 0.2) is 24.3 Å². The van der Waals surface area contributed by atoms with E-state index in [-0.39, 0.29) is 23.5 Å². The van der Waals surface area contributed by atoms with Crippen LogP contribution in [-0.2, 0) is 9.53 Å². The highest BCUT2D eigenvalue weighted by Gasteiger charge is 2.12. The molecule has 0 aliphatic rings. The fourth-order valence-corrected chi connectivity index (χ4v) is 1.76. The van der Waals surface area contributed by atoms with Crippen LogP contribution in [0.1, 0.15) is 30.7 Å². The lowest BCUT2D eigenvalue weighted by atomic mass is 10.1. The molecule has 19 heavy (non-hydrogen) atoms. The first-order chi connectivity index (χ1) is 9.02. The molecule has 6 heteroatoms. The maximum absolute atomic E-state index is 12.0. The molecular weight excluding hydrogens is 278 g/mol. The lowest BCUT2D eigenvalue weighted by Gasteiger charge is -2.10. The van der Waals surface area contributed by atoms with Crippen LogP contribution >= 0.6 is 11.6 Å². The summed E-state index contributed by atoms with van der Waals surface area (Å²) in [7, 11) is 0. The minimum absolute atomic E-state index is 0.0769. The number of esters is 1. The van der Waals surface area contributed by atoms with E-state index in [1.54, 1.807) is 19.1 Å². The van der Waals surface area contributed by atoms with E-state index in [4.69, 9.17) is 16.3 Å². The first kappa shape index (κ1) is 15.7. The van der Waals surface area contributed by atoms with Gasteiger partial charge in [-0.15, -0.1) is 11.6 Å². The van der Waals surface area contributed by atoms with Crippen molar-refractivity contribution in [2.75, 3.05) is 6.61 Å². The summed E-state index contributed by atoms with van der Waals surface area (Å²) in [6, 6.07) is 6.03. The molecule has 3 nitrogen and oxygen atoms in total. The van der Waals surface area contributed by atoms with E-state index >= 15 is 0 Å². The number of carbonyl (C=O) groups excluding carboxylic acids is 1. The monoisotopic (exact) mass is 292 g/mol. The summed E-state index contributed by atoms with van der Waals surface area (Å²) in [5.41, 5.74) is 0.743. The van der Waals surface area contributed by atoms with Gasteiger partial charge in [0.2, 0.25) is 0 Å². The highest BCUT2D eigenvalue weighted by Crippen LogP contribution is 2.27. The predicted molar refractivity (Wildman–Crippen MR) is 67.5 cm³/mol. The number of benzene rings is 1. The van der Waals surface area contributed by atoms with Crippen molar-refractivity contribution >= 4 is 17.6 Å². The van der Waals surface area contributed by atoms with Crippen molar-refractivity contribution < 1.29 is 23.0 Å². The van der Waals surface area contributed by atoms with E-state index < -0.39 is 6.61 Å². The average molecular weight is 293 g/mol. The fourth-order valence-electron chi connectivity index (χ4n) is 1.50. The van der Waals surface area contributed by atoms with Gasteiger partial charge in [0, 0.05) is 6.42 Å². The van der Waals surface area contributed by atoms with Crippen molar-refractivity contribution in [3.05, 3.63) is 29.8 Å². The zero-order chi connectivity index (χ0) is 14.3. The number of hydrogen-bond acceptors (Lipinski definition) is 3. The van der Waals surface area contributed by atoms with Crippen LogP contribution in [0.3, 0.4) is 0 Å². The molecule has 0 amide bonds. The molecule has 0 aromatic heterocycles. The maximum atomic E-state index is 12.0. The number of alkyl halides is 3. The summed E-state index contributed by atoms with van der Waals surface area (Å²) in [6.45, 7) is -0.773. The summed E-state index contributed by atoms with van der Waals surface area (Å²) < 4.78 is 32.9. The van der Waals surface area contributed by atoms with E-state index in [2.05, 4.69) is 4.74 Å². The molecule has 106 valence electrons. The first-order valence-electron chi connectivity index (χ1n) is 5.87. The molecule has 0 aliphatic carbocycles. The standard InChI is InChI=1S/C13H15ClF2O3/c1-2-18-12(17)8-7-11(14)9-3-5-10(6-4-9)19-13(15)16/h3-6,11,13H,2,7-8H2,1H3. The zero-order valence-corrected chi connectivity index (χ0v) is 11.2. The van der Waals surface area contributed by atoms with E-state index in [0.717, 1.165) is 5.56 Å². The van der Waals surface area contributed by atoms with Gasteiger partial charge in [-0.1, -0.05) is 12.1 Å². The third-order valence-electron chi connectivity index (χ3n) is 2.37. The largest absolute Gasteiger partial charge is 0.466 e. The van der Waals surface area contributed by atoms with Gasteiger partial charge in [-0.25, -0.2) is 0 Å². The molecule has 1 aromatic carbocycles. The molecule has 1 atom stereocenters. The Bertz CT molecular complexity index is 395. The minimum Gasteiger partial charge on any atom is -0.466 e. The predicted octanol–water partition coefficient (Wildman–Crippen LogP) is 3.91. The van der Waals surface area contributed by atoms with Crippen molar-refractivity contribution in [3.8, 4) is 5.75 Å². The number of ether oxygens (including phenoxy) is 2. The van der Waals surface area contributed by atoms with Gasteiger partial charge < -0.3 is 9.47 Å². The second kappa shape index (κ2) is 7.94. The van der Waals surface area contributed by atoms with Crippen molar-refractivity contribution in [2.24, 2.45) is 0 Å². The second-order valence-corrected chi connectivity index (χ2v) is 4.29. The Hall–Kier alpha value is -1.36. The number of halogens is 3. The molecule has 0 spiro atoms. The highest BCUT2D eigenvalue weighted by molar-refractivity contribution is 6.20. The second-order valence-electron chi connectivity index (χ2n) is 3.76. The summed E-state index contributed by atoms with van der Waals surface area (Å²) in [5, 5.41) is -0.370. The molecule has 1 unspecified atom stereocenters. The first-order valence-corrected chi connectivity index (χ1v) is 6.31. The number of carbonyl (C=O) groups is 1. The van der Waals surface area contributed by atoms with Gasteiger partial charge in [0.25, 0.3) is 0 Å². The van der Waals surface area contributed by atoms with Gasteiger partial charge in [-0.2, -0.15) is 8.78 Å². The molecule has 0 heterocycles. The van der Waals surface area contributed by atoms with Gasteiger partial charge in [-0.05, 0) is 31.0 Å². The highest BCUT2D eigenvalue weighted by atomic mass is 35.5. The molecule has 0 saturated carbocycles. The topological polar surface area (TPSA) is 35.5 Å². The average Bonchev–Trinajstić information content (AvgIpc) is 2.36. The van der Waals surface area contributed by atoms with Crippen LogP contribution in [-0.4, -0.2) is 19.2 Å². The molecule has 1 rings (SSSR count). The van der Waals surface area contributed by atoms with Crippen LogP contribution in [0.5, 0.6) is 5.75 Å². The van der Waals surface area contributed by atoms with E-state index in [9.17, 15) is 13.6 Å². The van der Waals surface area contributed by atoms with Crippen molar-refractivity contribution in [2.45, 2.75) is 31.8 Å². The lowest BCUT2D eigenvalue weighted by molar-refractivity contribution is -0.143. The van der Waals surface area contributed by atoms with Crippen molar-refractivity contribution in [1.82, 2.24) is 0 Å². The molecular formula is C13H15ClF2O3. The Balaban J connectivity index is 2.48. The summed E-state index contributed by atoms with van der Waals surface area (Å²) >= 11 is 6.11. The Labute approximate surface area is 115 Å². The smallest absolute Gasteiger partial charge is 0.387 e. The van der Waals surface area contributed by atoms with Crippen LogP contribution < -0.4 is 4.74 Å². The van der Waals surface area contributed by atoms with E-state index in [0.29, 0.717) is 13.0 Å². The zero-order valence-electron chi connectivity index (χ0n) is 10.4. The van der Waals surface area contributed by atoms with Gasteiger partial charge in [0.05, 0.1) is 12.0 Å². The quantitative estimate of drug-likeness (QED) is 0.564. The van der Waals surface area contributed by atoms with Crippen LogP contribution in [0.25, 0.3) is 0 Å². The van der Waals surface area contributed by atoms with Crippen molar-refractivity contribution in [3.63, 3.8) is 0 Å². The van der Waals surface area contributed by atoms with Crippen LogP contribution in [0, 0.1) is 0 Å².